The Morgan fingerprint density at radius 3 is 1.29 bits per heavy atom. The van der Waals surface area contributed by atoms with Crippen molar-refractivity contribution in [2.24, 2.45) is 0 Å². The van der Waals surface area contributed by atoms with Gasteiger partial charge in [0.15, 0.2) is 0 Å². The number of carbonyl (C=O) groups is 1. The minimum atomic E-state index is -8.64. The highest BCUT2D eigenvalue weighted by molar-refractivity contribution is 5.85. The van der Waals surface area contributed by atoms with E-state index in [2.05, 4.69) is 0 Å². The van der Waals surface area contributed by atoms with Gasteiger partial charge in [-0.05, 0) is 26.2 Å². The zero-order chi connectivity index (χ0) is 28.7. The van der Waals surface area contributed by atoms with Crippen molar-refractivity contribution in [2.75, 3.05) is 0 Å². The second-order valence-corrected chi connectivity index (χ2v) is 7.09. The summed E-state index contributed by atoms with van der Waals surface area (Å²) in [7, 11) is 0. The number of carboxylic acids is 1. The van der Waals surface area contributed by atoms with Crippen molar-refractivity contribution in [1.82, 2.24) is 0 Å². The fourth-order valence-electron chi connectivity index (χ4n) is 2.25. The zero-order valence-electron chi connectivity index (χ0n) is 16.7. The lowest BCUT2D eigenvalue weighted by molar-refractivity contribution is -0.461. The highest BCUT2D eigenvalue weighted by atomic mass is 19.4. The predicted octanol–water partition coefficient (Wildman–Crippen LogP) is 7.59. The molecule has 0 heterocycles. The summed E-state index contributed by atoms with van der Waals surface area (Å²) in [6.07, 6.45) is -12.0. The summed E-state index contributed by atoms with van der Waals surface area (Å²) in [6, 6.07) is 0. The number of alkyl halides is 17. The maximum atomic E-state index is 13.6. The van der Waals surface area contributed by atoms with Crippen molar-refractivity contribution in [3.8, 4) is 0 Å². The molecule has 0 unspecified atom stereocenters. The topological polar surface area (TPSA) is 37.3 Å². The molecule has 0 aromatic rings. The Balaban J connectivity index is 6.13. The first kappa shape index (κ1) is 33.0. The van der Waals surface area contributed by atoms with E-state index in [1.165, 1.54) is 0 Å². The van der Waals surface area contributed by atoms with E-state index in [0.29, 0.717) is 0 Å². The molecule has 0 aliphatic rings. The Kier molecular flexibility index (Phi) is 8.94. The predicted molar refractivity (Wildman–Crippen MR) is 80.5 cm³/mol. The van der Waals surface area contributed by atoms with Gasteiger partial charge in [-0.1, -0.05) is 6.08 Å². The molecule has 0 aromatic heterocycles. The molecule has 208 valence electrons. The van der Waals surface area contributed by atoms with Crippen LogP contribution in [0.25, 0.3) is 0 Å². The third-order valence-corrected chi connectivity index (χ3v) is 4.52. The lowest BCUT2D eigenvalue weighted by Crippen LogP contribution is -2.74. The molecule has 0 aliphatic carbocycles. The summed E-state index contributed by atoms with van der Waals surface area (Å²) in [4.78, 5) is 10.5. The van der Waals surface area contributed by atoms with Gasteiger partial charge in [-0.3, -0.25) is 0 Å². The molecule has 19 heteroatoms. The second-order valence-electron chi connectivity index (χ2n) is 7.09. The number of hydrogen-bond acceptors (Lipinski definition) is 1. The minimum absolute atomic E-state index is 0.396. The van der Waals surface area contributed by atoms with Crippen LogP contribution in [0, 0.1) is 0 Å². The molecular formula is C16H13F17O2. The molecule has 0 aliphatic heterocycles. The van der Waals surface area contributed by atoms with Gasteiger partial charge < -0.3 is 5.11 Å². The van der Waals surface area contributed by atoms with Crippen molar-refractivity contribution >= 4 is 5.97 Å². The average molecular weight is 560 g/mol. The molecule has 0 bridgehead atoms. The lowest BCUT2D eigenvalue weighted by Gasteiger charge is -2.42. The van der Waals surface area contributed by atoms with E-state index in [1.54, 1.807) is 0 Å². The molecule has 0 rings (SSSR count). The largest absolute Gasteiger partial charge is 0.478 e. The van der Waals surface area contributed by atoms with Crippen LogP contribution in [-0.2, 0) is 4.79 Å². The van der Waals surface area contributed by atoms with Crippen molar-refractivity contribution in [3.63, 3.8) is 0 Å². The SMILES string of the molecule is CC(=CCCCCC(F)(F)C(F)(F)C(F)(F)C(F)(F)C(F)(F)C(F)(F)C(F)(F)C(F)(F)F)C(=O)O. The number of allylic oxidation sites excluding steroid dienone is 1. The number of rotatable bonds is 12. The van der Waals surface area contributed by atoms with Gasteiger partial charge >= 0.3 is 53.6 Å². The van der Waals surface area contributed by atoms with Crippen LogP contribution in [0.4, 0.5) is 74.6 Å². The lowest BCUT2D eigenvalue weighted by atomic mass is 9.88. The van der Waals surface area contributed by atoms with Gasteiger partial charge in [0.25, 0.3) is 0 Å². The number of halogens is 17. The van der Waals surface area contributed by atoms with Crippen LogP contribution < -0.4 is 0 Å². The standard InChI is InChI=1S/C16H13F17O2/c1-7(8(34)35)5-3-2-4-6-9(17,18)10(19,20)11(21,22)12(23,24)13(25,26)14(27,28)15(29,30)16(31,32)33/h5H,2-4,6H2,1H3,(H,34,35). The van der Waals surface area contributed by atoms with Crippen LogP contribution in [0.2, 0.25) is 0 Å². The summed E-state index contributed by atoms with van der Waals surface area (Å²) in [5, 5.41) is 8.49. The van der Waals surface area contributed by atoms with E-state index in [1.807, 2.05) is 0 Å². The normalized spacial score (nSPS) is 16.0. The van der Waals surface area contributed by atoms with Crippen molar-refractivity contribution in [2.45, 2.75) is 80.2 Å². The first-order valence-corrected chi connectivity index (χ1v) is 8.69. The molecule has 0 atom stereocenters. The molecule has 0 fully saturated rings. The molecule has 0 aromatic carbocycles. The van der Waals surface area contributed by atoms with Gasteiger partial charge in [-0.25, -0.2) is 4.79 Å². The first-order valence-electron chi connectivity index (χ1n) is 8.69. The van der Waals surface area contributed by atoms with Crippen LogP contribution in [0.1, 0.15) is 32.6 Å². The fraction of sp³-hybridized carbons (Fsp3) is 0.812. The van der Waals surface area contributed by atoms with Crippen molar-refractivity contribution < 1.29 is 84.5 Å². The van der Waals surface area contributed by atoms with Crippen LogP contribution in [0.15, 0.2) is 11.6 Å². The van der Waals surface area contributed by atoms with E-state index < -0.39 is 84.9 Å². The van der Waals surface area contributed by atoms with E-state index in [-0.39, 0.29) is 0 Å². The number of carboxylic acid groups (broad SMARTS) is 1. The minimum Gasteiger partial charge on any atom is -0.478 e. The molecule has 0 spiro atoms. The first-order chi connectivity index (χ1) is 15.1. The summed E-state index contributed by atoms with van der Waals surface area (Å²) in [5.41, 5.74) is -0.396. The summed E-state index contributed by atoms with van der Waals surface area (Å²) in [6.45, 7) is 0.978. The van der Waals surface area contributed by atoms with Crippen LogP contribution in [-0.4, -0.2) is 58.7 Å². The molecule has 35 heavy (non-hydrogen) atoms. The van der Waals surface area contributed by atoms with Crippen molar-refractivity contribution in [3.05, 3.63) is 11.6 Å². The molecule has 0 saturated heterocycles. The van der Waals surface area contributed by atoms with Crippen LogP contribution in [0.3, 0.4) is 0 Å². The van der Waals surface area contributed by atoms with Crippen LogP contribution >= 0.6 is 0 Å². The third-order valence-electron chi connectivity index (χ3n) is 4.52. The maximum absolute atomic E-state index is 13.6. The number of aliphatic carboxylic acids is 1. The summed E-state index contributed by atoms with van der Waals surface area (Å²) >= 11 is 0. The monoisotopic (exact) mass is 560 g/mol. The Labute approximate surface area is 183 Å². The summed E-state index contributed by atoms with van der Waals surface area (Å²) in [5.74, 6) is -57.8. The molecule has 0 saturated carbocycles. The number of hydrogen-bond donors (Lipinski definition) is 1. The Morgan fingerprint density at radius 2 is 0.943 bits per heavy atom. The molecule has 0 amide bonds. The molecule has 2 nitrogen and oxygen atoms in total. The fourth-order valence-corrected chi connectivity index (χ4v) is 2.25. The molecule has 0 radical (unpaired) electrons. The quantitative estimate of drug-likeness (QED) is 0.152. The van der Waals surface area contributed by atoms with E-state index in [4.69, 9.17) is 5.11 Å². The van der Waals surface area contributed by atoms with E-state index in [9.17, 15) is 79.4 Å². The maximum Gasteiger partial charge on any atom is 0.460 e. The van der Waals surface area contributed by atoms with E-state index >= 15 is 0 Å². The highest BCUT2D eigenvalue weighted by Gasteiger charge is 2.95. The smallest absolute Gasteiger partial charge is 0.460 e. The van der Waals surface area contributed by atoms with E-state index in [0.717, 1.165) is 13.0 Å². The van der Waals surface area contributed by atoms with Gasteiger partial charge in [0.2, 0.25) is 0 Å². The van der Waals surface area contributed by atoms with Gasteiger partial charge in [0.05, 0.1) is 0 Å². The Morgan fingerprint density at radius 1 is 0.600 bits per heavy atom. The molecular weight excluding hydrogens is 547 g/mol. The molecule has 1 N–H and O–H groups in total. The Hall–Kier alpha value is -1.98. The van der Waals surface area contributed by atoms with Crippen molar-refractivity contribution in [1.29, 1.82) is 0 Å². The van der Waals surface area contributed by atoms with Gasteiger partial charge in [0, 0.05) is 12.0 Å². The zero-order valence-corrected chi connectivity index (χ0v) is 16.7. The highest BCUT2D eigenvalue weighted by Crippen LogP contribution is 2.64. The second kappa shape index (κ2) is 9.48. The summed E-state index contributed by atoms with van der Waals surface area (Å²) < 4.78 is 223. The number of unbranched alkanes of at least 4 members (excludes halogenated alkanes) is 2. The third kappa shape index (κ3) is 5.27. The van der Waals surface area contributed by atoms with Gasteiger partial charge in [0.1, 0.15) is 0 Å². The van der Waals surface area contributed by atoms with Gasteiger partial charge in [-0.15, -0.1) is 0 Å². The van der Waals surface area contributed by atoms with Gasteiger partial charge in [-0.2, -0.15) is 74.6 Å². The van der Waals surface area contributed by atoms with Crippen LogP contribution in [0.5, 0.6) is 0 Å². The Bertz CT molecular complexity index is 794. The average Bonchev–Trinajstić information content (AvgIpc) is 2.65.